The lowest BCUT2D eigenvalue weighted by molar-refractivity contribution is 0.150. The van der Waals surface area contributed by atoms with E-state index in [0.717, 1.165) is 19.4 Å². The summed E-state index contributed by atoms with van der Waals surface area (Å²) >= 11 is 0. The van der Waals surface area contributed by atoms with Crippen LogP contribution in [0.5, 0.6) is 5.75 Å². The predicted octanol–water partition coefficient (Wildman–Crippen LogP) is 3.88. The Kier molecular flexibility index (Phi) is 5.04. The smallest absolute Gasteiger partial charge is 0.322 e. The zero-order chi connectivity index (χ0) is 15.4. The molecule has 0 spiro atoms. The molecule has 0 aromatic heterocycles. The van der Waals surface area contributed by atoms with E-state index in [-0.39, 0.29) is 17.9 Å². The number of carbonyl (C=O) groups is 1. The molecule has 1 N–H and O–H groups in total. The van der Waals surface area contributed by atoms with E-state index in [1.54, 1.807) is 0 Å². The van der Waals surface area contributed by atoms with Crippen molar-refractivity contribution in [3.63, 3.8) is 0 Å². The molecule has 2 rings (SSSR count). The summed E-state index contributed by atoms with van der Waals surface area (Å²) < 4.78 is 18.6. The molecule has 0 unspecified atom stereocenters. The van der Waals surface area contributed by atoms with Crippen molar-refractivity contribution in [1.82, 2.24) is 4.90 Å². The monoisotopic (exact) mass is 294 g/mol. The Morgan fingerprint density at radius 2 is 2.24 bits per heavy atom. The van der Waals surface area contributed by atoms with Crippen LogP contribution < -0.4 is 10.1 Å². The standard InChI is InChI=1S/C16H23FN2O2/c1-4-21-15-10-13(17)5-6-14(15)18-16(20)19-8-7-11(2)9-12(19)3/h5-6,10-12H,4,7-9H2,1-3H3,(H,18,20)/t11-,12+/m1/s1. The van der Waals surface area contributed by atoms with Crippen molar-refractivity contribution < 1.29 is 13.9 Å². The number of carbonyl (C=O) groups excluding carboxylic acids is 1. The Labute approximate surface area is 125 Å². The zero-order valence-corrected chi connectivity index (χ0v) is 12.9. The topological polar surface area (TPSA) is 41.6 Å². The number of hydrogen-bond acceptors (Lipinski definition) is 2. The van der Waals surface area contributed by atoms with E-state index in [9.17, 15) is 9.18 Å². The number of hydrogen-bond donors (Lipinski definition) is 1. The Balaban J connectivity index is 2.09. The molecular weight excluding hydrogens is 271 g/mol. The van der Waals surface area contributed by atoms with Gasteiger partial charge in [0.25, 0.3) is 0 Å². The molecular formula is C16H23FN2O2. The first-order valence-corrected chi connectivity index (χ1v) is 7.51. The number of ether oxygens (including phenoxy) is 1. The van der Waals surface area contributed by atoms with Crippen molar-refractivity contribution in [2.75, 3.05) is 18.5 Å². The fourth-order valence-corrected chi connectivity index (χ4v) is 2.77. The SMILES string of the molecule is CCOc1cc(F)ccc1NC(=O)N1CC[C@@H](C)C[C@@H]1C. The lowest BCUT2D eigenvalue weighted by Gasteiger charge is -2.36. The van der Waals surface area contributed by atoms with Crippen molar-refractivity contribution >= 4 is 11.7 Å². The van der Waals surface area contributed by atoms with Gasteiger partial charge in [-0.2, -0.15) is 0 Å². The molecule has 21 heavy (non-hydrogen) atoms. The van der Waals surface area contributed by atoms with E-state index in [1.165, 1.54) is 18.2 Å². The van der Waals surface area contributed by atoms with Gasteiger partial charge in [-0.1, -0.05) is 6.92 Å². The predicted molar refractivity (Wildman–Crippen MR) is 81.2 cm³/mol. The highest BCUT2D eigenvalue weighted by Gasteiger charge is 2.27. The summed E-state index contributed by atoms with van der Waals surface area (Å²) in [5, 5.41) is 2.83. The van der Waals surface area contributed by atoms with Gasteiger partial charge in [-0.15, -0.1) is 0 Å². The number of benzene rings is 1. The van der Waals surface area contributed by atoms with E-state index in [1.807, 2.05) is 11.8 Å². The molecule has 0 saturated carbocycles. The summed E-state index contributed by atoms with van der Waals surface area (Å²) in [6.45, 7) is 7.26. The van der Waals surface area contributed by atoms with E-state index in [4.69, 9.17) is 4.74 Å². The second-order valence-electron chi connectivity index (χ2n) is 5.68. The van der Waals surface area contributed by atoms with Gasteiger partial charge in [-0.25, -0.2) is 9.18 Å². The number of urea groups is 1. The van der Waals surface area contributed by atoms with Gasteiger partial charge in [-0.05, 0) is 44.7 Å². The number of piperidine rings is 1. The third kappa shape index (κ3) is 3.86. The van der Waals surface area contributed by atoms with Crippen LogP contribution in [-0.4, -0.2) is 30.1 Å². The van der Waals surface area contributed by atoms with Crippen LogP contribution in [0.4, 0.5) is 14.9 Å². The van der Waals surface area contributed by atoms with Gasteiger partial charge in [-0.3, -0.25) is 0 Å². The van der Waals surface area contributed by atoms with Crippen LogP contribution >= 0.6 is 0 Å². The molecule has 0 aliphatic carbocycles. The van der Waals surface area contributed by atoms with Gasteiger partial charge < -0.3 is 15.0 Å². The second kappa shape index (κ2) is 6.78. The average molecular weight is 294 g/mol. The number of amides is 2. The number of rotatable bonds is 3. The minimum Gasteiger partial charge on any atom is -0.492 e. The van der Waals surface area contributed by atoms with Crippen LogP contribution in [0.25, 0.3) is 0 Å². The van der Waals surface area contributed by atoms with Crippen molar-refractivity contribution in [2.24, 2.45) is 5.92 Å². The number of anilines is 1. The lowest BCUT2D eigenvalue weighted by atomic mass is 9.94. The van der Waals surface area contributed by atoms with Gasteiger partial charge >= 0.3 is 6.03 Å². The number of nitrogens with zero attached hydrogens (tertiary/aromatic N) is 1. The quantitative estimate of drug-likeness (QED) is 0.919. The zero-order valence-electron chi connectivity index (χ0n) is 12.9. The van der Waals surface area contributed by atoms with Gasteiger partial charge in [0.1, 0.15) is 11.6 Å². The highest BCUT2D eigenvalue weighted by Crippen LogP contribution is 2.27. The molecule has 0 radical (unpaired) electrons. The van der Waals surface area contributed by atoms with Crippen molar-refractivity contribution in [3.05, 3.63) is 24.0 Å². The molecule has 1 aliphatic heterocycles. The van der Waals surface area contributed by atoms with Crippen LogP contribution in [0.3, 0.4) is 0 Å². The van der Waals surface area contributed by atoms with Gasteiger partial charge in [0.05, 0.1) is 12.3 Å². The van der Waals surface area contributed by atoms with Gasteiger partial charge in [0.15, 0.2) is 0 Å². The summed E-state index contributed by atoms with van der Waals surface area (Å²) in [5.41, 5.74) is 0.508. The summed E-state index contributed by atoms with van der Waals surface area (Å²) in [6.07, 6.45) is 2.02. The summed E-state index contributed by atoms with van der Waals surface area (Å²) in [7, 11) is 0. The molecule has 5 heteroatoms. The van der Waals surface area contributed by atoms with E-state index < -0.39 is 0 Å². The van der Waals surface area contributed by atoms with Crippen molar-refractivity contribution in [1.29, 1.82) is 0 Å². The van der Waals surface area contributed by atoms with Crippen LogP contribution in [0.1, 0.15) is 33.6 Å². The Morgan fingerprint density at radius 3 is 2.90 bits per heavy atom. The summed E-state index contributed by atoms with van der Waals surface area (Å²) in [4.78, 5) is 14.2. The lowest BCUT2D eigenvalue weighted by Crippen LogP contribution is -2.46. The minimum absolute atomic E-state index is 0.151. The largest absolute Gasteiger partial charge is 0.492 e. The second-order valence-corrected chi connectivity index (χ2v) is 5.68. The van der Waals surface area contributed by atoms with Crippen LogP contribution in [0.2, 0.25) is 0 Å². The molecule has 1 aliphatic rings. The first-order valence-electron chi connectivity index (χ1n) is 7.51. The molecule has 1 heterocycles. The van der Waals surface area contributed by atoms with E-state index in [0.29, 0.717) is 24.0 Å². The number of nitrogens with one attached hydrogen (secondary N) is 1. The number of halogens is 1. The van der Waals surface area contributed by atoms with Crippen LogP contribution in [0, 0.1) is 11.7 Å². The Bertz CT molecular complexity index is 507. The van der Waals surface area contributed by atoms with Crippen molar-refractivity contribution in [2.45, 2.75) is 39.7 Å². The fourth-order valence-electron chi connectivity index (χ4n) is 2.77. The number of likely N-dealkylation sites (tertiary alicyclic amines) is 1. The molecule has 1 aromatic carbocycles. The third-order valence-electron chi connectivity index (χ3n) is 3.88. The first-order chi connectivity index (χ1) is 10.0. The van der Waals surface area contributed by atoms with Crippen molar-refractivity contribution in [3.8, 4) is 5.75 Å². The molecule has 116 valence electrons. The molecule has 0 bridgehead atoms. The molecule has 1 aromatic rings. The molecule has 1 fully saturated rings. The minimum atomic E-state index is -0.378. The van der Waals surface area contributed by atoms with Gasteiger partial charge in [0, 0.05) is 18.7 Å². The Hall–Kier alpha value is -1.78. The third-order valence-corrected chi connectivity index (χ3v) is 3.88. The van der Waals surface area contributed by atoms with E-state index in [2.05, 4.69) is 19.2 Å². The maximum absolute atomic E-state index is 13.3. The highest BCUT2D eigenvalue weighted by molar-refractivity contribution is 5.91. The van der Waals surface area contributed by atoms with E-state index >= 15 is 0 Å². The summed E-state index contributed by atoms with van der Waals surface area (Å²) in [6, 6.07) is 4.21. The molecule has 2 amide bonds. The van der Waals surface area contributed by atoms with Crippen LogP contribution in [0.15, 0.2) is 18.2 Å². The van der Waals surface area contributed by atoms with Gasteiger partial charge in [0.2, 0.25) is 0 Å². The van der Waals surface area contributed by atoms with Crippen LogP contribution in [-0.2, 0) is 0 Å². The average Bonchev–Trinajstić information content (AvgIpc) is 2.42. The maximum atomic E-state index is 13.3. The maximum Gasteiger partial charge on any atom is 0.322 e. The summed E-state index contributed by atoms with van der Waals surface area (Å²) in [5.74, 6) is 0.634. The Morgan fingerprint density at radius 1 is 1.48 bits per heavy atom. The fraction of sp³-hybridized carbons (Fsp3) is 0.562. The molecule has 1 saturated heterocycles. The molecule has 4 nitrogen and oxygen atoms in total. The first kappa shape index (κ1) is 15.6. The normalized spacial score (nSPS) is 22.0. The molecule has 2 atom stereocenters. The highest BCUT2D eigenvalue weighted by atomic mass is 19.1.